The van der Waals surface area contributed by atoms with Crippen LogP contribution in [0.15, 0.2) is 34.9 Å². The topological polar surface area (TPSA) is 29.9 Å². The first-order valence-electron chi connectivity index (χ1n) is 7.21. The van der Waals surface area contributed by atoms with Gasteiger partial charge in [-0.05, 0) is 58.5 Å². The van der Waals surface area contributed by atoms with Crippen LogP contribution in [0.1, 0.15) is 43.9 Å². The highest BCUT2D eigenvalue weighted by molar-refractivity contribution is 9.10. The van der Waals surface area contributed by atoms with Gasteiger partial charge in [-0.25, -0.2) is 4.68 Å². The normalized spacial score (nSPS) is 15.0. The fourth-order valence-corrected chi connectivity index (χ4v) is 2.78. The SMILES string of the molecule is CC(C)c1ccn(-c2ccc(CNC3CC3)cc2Br)n1. The summed E-state index contributed by atoms with van der Waals surface area (Å²) >= 11 is 3.66. The molecule has 0 saturated heterocycles. The maximum atomic E-state index is 4.63. The third-order valence-electron chi connectivity index (χ3n) is 3.63. The van der Waals surface area contributed by atoms with E-state index in [0.29, 0.717) is 5.92 Å². The van der Waals surface area contributed by atoms with Crippen LogP contribution >= 0.6 is 15.9 Å². The van der Waals surface area contributed by atoms with E-state index >= 15 is 0 Å². The summed E-state index contributed by atoms with van der Waals surface area (Å²) in [5.74, 6) is 0.456. The molecule has 3 nitrogen and oxygen atoms in total. The van der Waals surface area contributed by atoms with E-state index in [1.807, 2.05) is 10.9 Å². The minimum absolute atomic E-state index is 0.456. The number of halogens is 1. The predicted octanol–water partition coefficient (Wildman–Crippen LogP) is 4.01. The van der Waals surface area contributed by atoms with Crippen molar-refractivity contribution in [2.45, 2.75) is 45.2 Å². The van der Waals surface area contributed by atoms with E-state index in [0.717, 1.165) is 28.4 Å². The lowest BCUT2D eigenvalue weighted by Gasteiger charge is -2.08. The molecule has 1 aromatic carbocycles. The number of hydrogen-bond donors (Lipinski definition) is 1. The third-order valence-corrected chi connectivity index (χ3v) is 4.27. The van der Waals surface area contributed by atoms with E-state index in [1.165, 1.54) is 18.4 Å². The van der Waals surface area contributed by atoms with Crippen LogP contribution in [0.25, 0.3) is 5.69 Å². The standard InChI is InChI=1S/C16H20BrN3/c1-11(2)15-7-8-20(19-15)16-6-3-12(9-14(16)17)10-18-13-4-5-13/h3,6-9,11,13,18H,4-5,10H2,1-2H3. The number of rotatable bonds is 5. The lowest BCUT2D eigenvalue weighted by molar-refractivity contribution is 0.687. The van der Waals surface area contributed by atoms with Gasteiger partial charge in [-0.3, -0.25) is 0 Å². The average Bonchev–Trinajstić information content (AvgIpc) is 3.11. The summed E-state index contributed by atoms with van der Waals surface area (Å²) in [4.78, 5) is 0. The Morgan fingerprint density at radius 2 is 2.15 bits per heavy atom. The molecule has 1 N–H and O–H groups in total. The number of benzene rings is 1. The van der Waals surface area contributed by atoms with E-state index in [4.69, 9.17) is 0 Å². The molecule has 1 aromatic heterocycles. The van der Waals surface area contributed by atoms with Crippen molar-refractivity contribution in [3.05, 3.63) is 46.2 Å². The summed E-state index contributed by atoms with van der Waals surface area (Å²) in [5.41, 5.74) is 3.52. The predicted molar refractivity (Wildman–Crippen MR) is 85.2 cm³/mol. The summed E-state index contributed by atoms with van der Waals surface area (Å²) in [7, 11) is 0. The second-order valence-electron chi connectivity index (χ2n) is 5.78. The number of aromatic nitrogens is 2. The summed E-state index contributed by atoms with van der Waals surface area (Å²) in [6.45, 7) is 5.27. The molecule has 0 radical (unpaired) electrons. The highest BCUT2D eigenvalue weighted by atomic mass is 79.9. The largest absolute Gasteiger partial charge is 0.310 e. The average molecular weight is 334 g/mol. The summed E-state index contributed by atoms with van der Waals surface area (Å²) in [6, 6.07) is 9.31. The lowest BCUT2D eigenvalue weighted by Crippen LogP contribution is -2.15. The molecule has 20 heavy (non-hydrogen) atoms. The van der Waals surface area contributed by atoms with Gasteiger partial charge in [-0.2, -0.15) is 5.10 Å². The van der Waals surface area contributed by atoms with E-state index in [1.54, 1.807) is 0 Å². The van der Waals surface area contributed by atoms with Crippen molar-refractivity contribution in [1.82, 2.24) is 15.1 Å². The molecule has 0 amide bonds. The molecule has 106 valence electrons. The minimum atomic E-state index is 0.456. The molecule has 1 saturated carbocycles. The van der Waals surface area contributed by atoms with Crippen molar-refractivity contribution in [3.8, 4) is 5.69 Å². The molecule has 0 spiro atoms. The van der Waals surface area contributed by atoms with Crippen molar-refractivity contribution >= 4 is 15.9 Å². The van der Waals surface area contributed by atoms with E-state index in [9.17, 15) is 0 Å². The van der Waals surface area contributed by atoms with Crippen LogP contribution in [0.4, 0.5) is 0 Å². The Labute approximate surface area is 128 Å². The van der Waals surface area contributed by atoms with Crippen LogP contribution in [0.3, 0.4) is 0 Å². The van der Waals surface area contributed by atoms with Crippen LogP contribution in [-0.4, -0.2) is 15.8 Å². The molecule has 0 atom stereocenters. The van der Waals surface area contributed by atoms with Crippen LogP contribution in [0.2, 0.25) is 0 Å². The first-order chi connectivity index (χ1) is 9.63. The maximum absolute atomic E-state index is 4.63. The van der Waals surface area contributed by atoms with Gasteiger partial charge >= 0.3 is 0 Å². The molecule has 1 aliphatic rings. The number of hydrogen-bond acceptors (Lipinski definition) is 2. The van der Waals surface area contributed by atoms with Crippen molar-refractivity contribution in [1.29, 1.82) is 0 Å². The van der Waals surface area contributed by atoms with Gasteiger partial charge in [0.1, 0.15) is 0 Å². The Kier molecular flexibility index (Phi) is 3.94. The zero-order valence-electron chi connectivity index (χ0n) is 11.9. The van der Waals surface area contributed by atoms with E-state index in [2.05, 4.69) is 64.5 Å². The van der Waals surface area contributed by atoms with Crippen LogP contribution in [0, 0.1) is 0 Å². The van der Waals surface area contributed by atoms with Gasteiger partial charge in [0, 0.05) is 23.3 Å². The van der Waals surface area contributed by atoms with Crippen molar-refractivity contribution in [2.24, 2.45) is 0 Å². The molecule has 2 aromatic rings. The fourth-order valence-electron chi connectivity index (χ4n) is 2.18. The summed E-state index contributed by atoms with van der Waals surface area (Å²) in [6.07, 6.45) is 4.67. The van der Waals surface area contributed by atoms with Gasteiger partial charge in [-0.15, -0.1) is 0 Å². The first-order valence-corrected chi connectivity index (χ1v) is 8.00. The second-order valence-corrected chi connectivity index (χ2v) is 6.64. The zero-order chi connectivity index (χ0) is 14.1. The molecular formula is C16H20BrN3. The maximum Gasteiger partial charge on any atom is 0.0787 e. The Hall–Kier alpha value is -1.13. The monoisotopic (exact) mass is 333 g/mol. The van der Waals surface area contributed by atoms with Gasteiger partial charge in [0.25, 0.3) is 0 Å². The zero-order valence-corrected chi connectivity index (χ0v) is 13.5. The van der Waals surface area contributed by atoms with Crippen molar-refractivity contribution < 1.29 is 0 Å². The van der Waals surface area contributed by atoms with Gasteiger partial charge in [-0.1, -0.05) is 19.9 Å². The lowest BCUT2D eigenvalue weighted by atomic mass is 10.1. The number of nitrogens with one attached hydrogen (secondary N) is 1. The Morgan fingerprint density at radius 3 is 2.75 bits per heavy atom. The van der Waals surface area contributed by atoms with Crippen molar-refractivity contribution in [3.63, 3.8) is 0 Å². The molecule has 0 unspecified atom stereocenters. The summed E-state index contributed by atoms with van der Waals surface area (Å²) < 4.78 is 3.03. The quantitative estimate of drug-likeness (QED) is 0.895. The van der Waals surface area contributed by atoms with E-state index < -0.39 is 0 Å². The van der Waals surface area contributed by atoms with Gasteiger partial charge in [0.05, 0.1) is 11.4 Å². The van der Waals surface area contributed by atoms with Gasteiger partial charge in [0.15, 0.2) is 0 Å². The van der Waals surface area contributed by atoms with Crippen LogP contribution in [-0.2, 0) is 6.54 Å². The van der Waals surface area contributed by atoms with Gasteiger partial charge in [0.2, 0.25) is 0 Å². The number of nitrogens with zero attached hydrogens (tertiary/aromatic N) is 2. The summed E-state index contributed by atoms with van der Waals surface area (Å²) in [5, 5.41) is 8.16. The Morgan fingerprint density at radius 1 is 1.35 bits per heavy atom. The van der Waals surface area contributed by atoms with Crippen molar-refractivity contribution in [2.75, 3.05) is 0 Å². The second kappa shape index (κ2) is 5.70. The Balaban J connectivity index is 1.78. The smallest absolute Gasteiger partial charge is 0.0787 e. The molecule has 0 aliphatic heterocycles. The molecule has 1 fully saturated rings. The Bertz CT molecular complexity index is 600. The third kappa shape index (κ3) is 3.13. The fraction of sp³-hybridized carbons (Fsp3) is 0.438. The highest BCUT2D eigenvalue weighted by Crippen LogP contribution is 2.24. The molecule has 3 rings (SSSR count). The van der Waals surface area contributed by atoms with Gasteiger partial charge < -0.3 is 5.32 Å². The highest BCUT2D eigenvalue weighted by Gasteiger charge is 2.20. The first kappa shape index (κ1) is 13.8. The molecule has 4 heteroatoms. The minimum Gasteiger partial charge on any atom is -0.310 e. The molecule has 1 aliphatic carbocycles. The molecular weight excluding hydrogens is 314 g/mol. The molecule has 0 bridgehead atoms. The van der Waals surface area contributed by atoms with E-state index in [-0.39, 0.29) is 0 Å². The van der Waals surface area contributed by atoms with Crippen LogP contribution in [0.5, 0.6) is 0 Å². The molecule has 1 heterocycles. The van der Waals surface area contributed by atoms with Crippen LogP contribution < -0.4 is 5.32 Å².